The van der Waals surface area contributed by atoms with Gasteiger partial charge in [-0.3, -0.25) is 4.90 Å². The second kappa shape index (κ2) is 9.81. The highest BCUT2D eigenvalue weighted by Gasteiger charge is 2.14. The van der Waals surface area contributed by atoms with Crippen LogP contribution in [0.5, 0.6) is 0 Å². The first-order chi connectivity index (χ1) is 11.3. The molecule has 0 aliphatic heterocycles. The summed E-state index contributed by atoms with van der Waals surface area (Å²) < 4.78 is 0. The first-order valence-electron chi connectivity index (χ1n) is 8.39. The molecule has 0 aliphatic rings. The van der Waals surface area contributed by atoms with E-state index >= 15 is 0 Å². The van der Waals surface area contributed by atoms with E-state index in [0.29, 0.717) is 5.92 Å². The van der Waals surface area contributed by atoms with Crippen LogP contribution in [0.15, 0.2) is 86.0 Å². The van der Waals surface area contributed by atoms with E-state index in [1.165, 1.54) is 11.1 Å². The van der Waals surface area contributed by atoms with Gasteiger partial charge in [-0.25, -0.2) is 0 Å². The normalized spacial score (nSPS) is 10.9. The molecule has 0 spiro atoms. The van der Waals surface area contributed by atoms with Gasteiger partial charge in [0.1, 0.15) is 0 Å². The second-order valence-corrected chi connectivity index (χ2v) is 5.85. The number of rotatable bonds is 10. The van der Waals surface area contributed by atoms with Crippen molar-refractivity contribution in [2.75, 3.05) is 19.6 Å². The molecular weight excluding hydrogens is 278 g/mol. The fourth-order valence-corrected chi connectivity index (χ4v) is 3.04. The minimum atomic E-state index is 0.465. The second-order valence-electron chi connectivity index (χ2n) is 5.85. The van der Waals surface area contributed by atoms with Crippen molar-refractivity contribution >= 4 is 0 Å². The molecule has 0 fully saturated rings. The van der Waals surface area contributed by atoms with Crippen LogP contribution < -0.4 is 0 Å². The third-order valence-corrected chi connectivity index (χ3v) is 4.15. The van der Waals surface area contributed by atoms with Crippen molar-refractivity contribution in [2.45, 2.75) is 18.8 Å². The lowest BCUT2D eigenvalue weighted by Crippen LogP contribution is -2.25. The summed E-state index contributed by atoms with van der Waals surface area (Å²) in [7, 11) is 0. The van der Waals surface area contributed by atoms with Crippen LogP contribution in [0.3, 0.4) is 0 Å². The van der Waals surface area contributed by atoms with Gasteiger partial charge in [-0.1, -0.05) is 72.8 Å². The Labute approximate surface area is 141 Å². The van der Waals surface area contributed by atoms with Crippen LogP contribution in [0.1, 0.15) is 29.9 Å². The van der Waals surface area contributed by atoms with E-state index in [4.69, 9.17) is 0 Å². The highest BCUT2D eigenvalue weighted by molar-refractivity contribution is 5.32. The van der Waals surface area contributed by atoms with Gasteiger partial charge >= 0.3 is 0 Å². The highest BCUT2D eigenvalue weighted by Crippen LogP contribution is 2.29. The van der Waals surface area contributed by atoms with Gasteiger partial charge in [0.05, 0.1) is 0 Å². The van der Waals surface area contributed by atoms with E-state index in [1.807, 2.05) is 12.2 Å². The van der Waals surface area contributed by atoms with Crippen molar-refractivity contribution in [1.29, 1.82) is 0 Å². The summed E-state index contributed by atoms with van der Waals surface area (Å²) in [4.78, 5) is 2.38. The number of benzene rings is 2. The Morgan fingerprint density at radius 1 is 0.783 bits per heavy atom. The zero-order valence-corrected chi connectivity index (χ0v) is 13.9. The first kappa shape index (κ1) is 17.2. The molecule has 0 aliphatic carbocycles. The van der Waals surface area contributed by atoms with Gasteiger partial charge in [0.15, 0.2) is 0 Å². The van der Waals surface area contributed by atoms with Crippen LogP contribution in [-0.2, 0) is 0 Å². The van der Waals surface area contributed by atoms with Gasteiger partial charge in [0.25, 0.3) is 0 Å². The van der Waals surface area contributed by atoms with Crippen LogP contribution >= 0.6 is 0 Å². The topological polar surface area (TPSA) is 3.24 Å². The monoisotopic (exact) mass is 305 g/mol. The van der Waals surface area contributed by atoms with Crippen molar-refractivity contribution in [2.24, 2.45) is 0 Å². The smallest absolute Gasteiger partial charge is 0.0163 e. The van der Waals surface area contributed by atoms with Crippen molar-refractivity contribution in [1.82, 2.24) is 4.90 Å². The molecule has 1 heteroatoms. The minimum Gasteiger partial charge on any atom is -0.296 e. The molecule has 0 unspecified atom stereocenters. The quantitative estimate of drug-likeness (QED) is 0.540. The maximum Gasteiger partial charge on any atom is 0.0163 e. The molecule has 1 nitrogen and oxygen atoms in total. The van der Waals surface area contributed by atoms with Crippen molar-refractivity contribution < 1.29 is 0 Å². The fraction of sp³-hybridized carbons (Fsp3) is 0.273. The van der Waals surface area contributed by atoms with Gasteiger partial charge in [-0.15, -0.1) is 13.2 Å². The molecule has 0 bridgehead atoms. The predicted molar refractivity (Wildman–Crippen MR) is 101 cm³/mol. The van der Waals surface area contributed by atoms with Gasteiger partial charge in [0.2, 0.25) is 0 Å². The summed E-state index contributed by atoms with van der Waals surface area (Å²) in [6.07, 6.45) is 6.25. The average Bonchev–Trinajstić information content (AvgIpc) is 2.60. The van der Waals surface area contributed by atoms with Crippen LogP contribution in [0.4, 0.5) is 0 Å². The Morgan fingerprint density at radius 3 is 1.70 bits per heavy atom. The SMILES string of the molecule is C=CCN(CC=C)CCCC(c1ccccc1)c1ccccc1. The molecule has 0 saturated heterocycles. The highest BCUT2D eigenvalue weighted by atomic mass is 15.1. The lowest BCUT2D eigenvalue weighted by molar-refractivity contribution is 0.324. The molecule has 0 radical (unpaired) electrons. The van der Waals surface area contributed by atoms with Gasteiger partial charge in [-0.2, -0.15) is 0 Å². The van der Waals surface area contributed by atoms with E-state index in [0.717, 1.165) is 32.5 Å². The maximum atomic E-state index is 3.85. The summed E-state index contributed by atoms with van der Waals surface area (Å²) in [5, 5.41) is 0. The Hall–Kier alpha value is -2.12. The van der Waals surface area contributed by atoms with Crippen molar-refractivity contribution in [3.63, 3.8) is 0 Å². The van der Waals surface area contributed by atoms with E-state index in [1.54, 1.807) is 0 Å². The summed E-state index contributed by atoms with van der Waals surface area (Å²) in [6.45, 7) is 10.6. The van der Waals surface area contributed by atoms with Gasteiger partial charge in [-0.05, 0) is 30.5 Å². The van der Waals surface area contributed by atoms with E-state index in [9.17, 15) is 0 Å². The lowest BCUT2D eigenvalue weighted by atomic mass is 9.87. The molecule has 0 amide bonds. The Bertz CT molecular complexity index is 524. The minimum absolute atomic E-state index is 0.465. The summed E-state index contributed by atoms with van der Waals surface area (Å²) in [5.41, 5.74) is 2.80. The van der Waals surface area contributed by atoms with Crippen molar-refractivity contribution in [3.05, 3.63) is 97.1 Å². The predicted octanol–water partition coefficient (Wildman–Crippen LogP) is 5.27. The molecular formula is C22H27N. The van der Waals surface area contributed by atoms with E-state index in [2.05, 4.69) is 78.7 Å². The van der Waals surface area contributed by atoms with Crippen LogP contribution in [0.2, 0.25) is 0 Å². The molecule has 0 N–H and O–H groups in total. The van der Waals surface area contributed by atoms with Gasteiger partial charge < -0.3 is 0 Å². The molecule has 0 atom stereocenters. The maximum absolute atomic E-state index is 3.85. The van der Waals surface area contributed by atoms with E-state index < -0.39 is 0 Å². The molecule has 120 valence electrons. The number of hydrogen-bond acceptors (Lipinski definition) is 1. The molecule has 2 aromatic carbocycles. The Morgan fingerprint density at radius 2 is 1.26 bits per heavy atom. The fourth-order valence-electron chi connectivity index (χ4n) is 3.04. The van der Waals surface area contributed by atoms with Crippen LogP contribution in [-0.4, -0.2) is 24.5 Å². The molecule has 0 saturated carbocycles. The number of nitrogens with zero attached hydrogens (tertiary/aromatic N) is 1. The molecule has 2 rings (SSSR count). The first-order valence-corrected chi connectivity index (χ1v) is 8.39. The Kier molecular flexibility index (Phi) is 7.35. The van der Waals surface area contributed by atoms with Crippen LogP contribution in [0.25, 0.3) is 0 Å². The standard InChI is InChI=1S/C22H27N/c1-3-17-23(18-4-2)19-11-16-22(20-12-7-5-8-13-20)21-14-9-6-10-15-21/h3-10,12-15,22H,1-2,11,16-19H2. The molecule has 0 heterocycles. The third kappa shape index (κ3) is 5.54. The third-order valence-electron chi connectivity index (χ3n) is 4.15. The Balaban J connectivity index is 2.04. The number of hydrogen-bond donors (Lipinski definition) is 0. The largest absolute Gasteiger partial charge is 0.296 e. The van der Waals surface area contributed by atoms with Crippen LogP contribution in [0, 0.1) is 0 Å². The zero-order valence-electron chi connectivity index (χ0n) is 13.9. The van der Waals surface area contributed by atoms with Crippen molar-refractivity contribution in [3.8, 4) is 0 Å². The summed E-state index contributed by atoms with van der Waals surface area (Å²) >= 11 is 0. The molecule has 0 aromatic heterocycles. The van der Waals surface area contributed by atoms with Gasteiger partial charge in [0, 0.05) is 19.0 Å². The average molecular weight is 305 g/mol. The summed E-state index contributed by atoms with van der Waals surface area (Å²) in [6, 6.07) is 21.7. The molecule has 23 heavy (non-hydrogen) atoms. The van der Waals surface area contributed by atoms with E-state index in [-0.39, 0.29) is 0 Å². The summed E-state index contributed by atoms with van der Waals surface area (Å²) in [5.74, 6) is 0.465. The zero-order chi connectivity index (χ0) is 16.3. The molecule has 2 aromatic rings. The lowest BCUT2D eigenvalue weighted by Gasteiger charge is -2.22.